The molecule has 2 atom stereocenters. The molecule has 2 unspecified atom stereocenters. The highest BCUT2D eigenvalue weighted by Crippen LogP contribution is 2.31. The highest BCUT2D eigenvalue weighted by atomic mass is 19.3. The zero-order valence-electron chi connectivity index (χ0n) is 13.0. The summed E-state index contributed by atoms with van der Waals surface area (Å²) in [5.74, 6) is -0.828. The minimum absolute atomic E-state index is 0.161. The fourth-order valence-corrected chi connectivity index (χ4v) is 3.97. The molecule has 4 rings (SSSR count). The molecule has 0 bridgehead atoms. The molecule has 8 heteroatoms. The highest BCUT2D eigenvalue weighted by Gasteiger charge is 2.44. The Morgan fingerprint density at radius 1 is 1.26 bits per heavy atom. The third kappa shape index (κ3) is 2.73. The average Bonchev–Trinajstić information content (AvgIpc) is 3.21. The third-order valence-electron chi connectivity index (χ3n) is 5.14. The number of fused-ring (bicyclic) bond motifs is 1. The quantitative estimate of drug-likeness (QED) is 0.879. The first-order valence-corrected chi connectivity index (χ1v) is 8.35. The van der Waals surface area contributed by atoms with Crippen LogP contribution in [0.5, 0.6) is 0 Å². The first-order valence-electron chi connectivity index (χ1n) is 8.35. The minimum Gasteiger partial charge on any atom is -0.341 e. The Balaban J connectivity index is 1.46. The van der Waals surface area contributed by atoms with E-state index in [4.69, 9.17) is 0 Å². The number of carbonyl (C=O) groups is 1. The SMILES string of the molecule is O=C(C1CC(F)(F)CN1)N1CCCC(c2nnc3n2CCC3)C1. The molecule has 1 aromatic heterocycles. The van der Waals surface area contributed by atoms with E-state index in [1.165, 1.54) is 0 Å². The second kappa shape index (κ2) is 5.51. The fraction of sp³-hybridized carbons (Fsp3) is 0.800. The number of halogens is 2. The van der Waals surface area contributed by atoms with E-state index in [1.807, 2.05) is 0 Å². The largest absolute Gasteiger partial charge is 0.341 e. The predicted octanol–water partition coefficient (Wildman–Crippen LogP) is 0.927. The number of likely N-dealkylation sites (tertiary alicyclic amines) is 1. The van der Waals surface area contributed by atoms with E-state index in [0.29, 0.717) is 13.1 Å². The standard InChI is InChI=1S/C15H21F2N5O/c16-15(17)7-11(18-9-15)14(23)21-5-1-3-10(8-21)13-20-19-12-4-2-6-22(12)13/h10-11,18H,1-9H2. The van der Waals surface area contributed by atoms with Crippen molar-refractivity contribution in [2.24, 2.45) is 0 Å². The molecule has 4 heterocycles. The van der Waals surface area contributed by atoms with Gasteiger partial charge >= 0.3 is 0 Å². The van der Waals surface area contributed by atoms with Crippen LogP contribution in [0.1, 0.15) is 43.3 Å². The molecular formula is C15H21F2N5O. The maximum absolute atomic E-state index is 13.3. The van der Waals surface area contributed by atoms with Crippen LogP contribution >= 0.6 is 0 Å². The van der Waals surface area contributed by atoms with Crippen molar-refractivity contribution in [3.63, 3.8) is 0 Å². The second-order valence-corrected chi connectivity index (χ2v) is 6.85. The van der Waals surface area contributed by atoms with Crippen LogP contribution in [0.4, 0.5) is 8.78 Å². The fourth-order valence-electron chi connectivity index (χ4n) is 3.97. The number of aromatic nitrogens is 3. The van der Waals surface area contributed by atoms with E-state index >= 15 is 0 Å². The Morgan fingerprint density at radius 2 is 2.13 bits per heavy atom. The lowest BCUT2D eigenvalue weighted by Gasteiger charge is -2.33. The van der Waals surface area contributed by atoms with Crippen molar-refractivity contribution in [1.82, 2.24) is 25.0 Å². The average molecular weight is 325 g/mol. The van der Waals surface area contributed by atoms with Crippen LogP contribution in [0, 0.1) is 0 Å². The van der Waals surface area contributed by atoms with Crippen LogP contribution in [0.25, 0.3) is 0 Å². The molecule has 1 aromatic rings. The molecule has 0 radical (unpaired) electrons. The molecule has 0 spiro atoms. The maximum Gasteiger partial charge on any atom is 0.262 e. The van der Waals surface area contributed by atoms with Crippen molar-refractivity contribution in [1.29, 1.82) is 0 Å². The van der Waals surface area contributed by atoms with Crippen LogP contribution in [0.3, 0.4) is 0 Å². The van der Waals surface area contributed by atoms with Crippen molar-refractivity contribution in [3.05, 3.63) is 11.6 Å². The Morgan fingerprint density at radius 3 is 2.91 bits per heavy atom. The van der Waals surface area contributed by atoms with Crippen LogP contribution in [-0.4, -0.2) is 57.2 Å². The summed E-state index contributed by atoms with van der Waals surface area (Å²) in [6.07, 6.45) is 3.50. The van der Waals surface area contributed by atoms with E-state index in [0.717, 1.165) is 43.9 Å². The molecule has 2 fully saturated rings. The van der Waals surface area contributed by atoms with Crippen LogP contribution in [-0.2, 0) is 17.8 Å². The van der Waals surface area contributed by atoms with Crippen LogP contribution in [0.2, 0.25) is 0 Å². The lowest BCUT2D eigenvalue weighted by atomic mass is 9.96. The van der Waals surface area contributed by atoms with Gasteiger partial charge in [-0.2, -0.15) is 0 Å². The summed E-state index contributed by atoms with van der Waals surface area (Å²) in [4.78, 5) is 14.3. The van der Waals surface area contributed by atoms with Gasteiger partial charge in [0.25, 0.3) is 5.92 Å². The van der Waals surface area contributed by atoms with Crippen molar-refractivity contribution >= 4 is 5.91 Å². The first-order chi connectivity index (χ1) is 11.0. The number of piperidine rings is 1. The smallest absolute Gasteiger partial charge is 0.262 e. The number of aryl methyl sites for hydroxylation is 1. The minimum atomic E-state index is -2.77. The van der Waals surface area contributed by atoms with E-state index < -0.39 is 24.9 Å². The monoisotopic (exact) mass is 325 g/mol. The molecule has 0 aromatic carbocycles. The van der Waals surface area contributed by atoms with Gasteiger partial charge in [-0.25, -0.2) is 8.78 Å². The number of alkyl halides is 2. The number of carbonyl (C=O) groups excluding carboxylic acids is 1. The summed E-state index contributed by atoms with van der Waals surface area (Å²) in [6, 6.07) is -0.757. The molecule has 6 nitrogen and oxygen atoms in total. The molecule has 23 heavy (non-hydrogen) atoms. The van der Waals surface area contributed by atoms with Gasteiger partial charge in [-0.1, -0.05) is 0 Å². The predicted molar refractivity (Wildman–Crippen MR) is 78.3 cm³/mol. The summed E-state index contributed by atoms with van der Waals surface area (Å²) in [5, 5.41) is 11.2. The summed E-state index contributed by atoms with van der Waals surface area (Å²) in [5.41, 5.74) is 0. The van der Waals surface area contributed by atoms with Crippen molar-refractivity contribution in [2.75, 3.05) is 19.6 Å². The second-order valence-electron chi connectivity index (χ2n) is 6.85. The van der Waals surface area contributed by atoms with Crippen LogP contribution < -0.4 is 5.32 Å². The lowest BCUT2D eigenvalue weighted by molar-refractivity contribution is -0.135. The van der Waals surface area contributed by atoms with E-state index in [2.05, 4.69) is 20.1 Å². The van der Waals surface area contributed by atoms with Gasteiger partial charge < -0.3 is 9.47 Å². The summed E-state index contributed by atoms with van der Waals surface area (Å²) in [6.45, 7) is 1.73. The maximum atomic E-state index is 13.3. The van der Waals surface area contributed by atoms with Gasteiger partial charge in [0.05, 0.1) is 12.6 Å². The molecule has 126 valence electrons. The number of hydrogen-bond donors (Lipinski definition) is 1. The lowest BCUT2D eigenvalue weighted by Crippen LogP contribution is -2.47. The van der Waals surface area contributed by atoms with E-state index in [1.54, 1.807) is 4.90 Å². The molecule has 3 aliphatic heterocycles. The number of amides is 1. The van der Waals surface area contributed by atoms with Gasteiger partial charge in [-0.15, -0.1) is 10.2 Å². The molecule has 3 aliphatic rings. The first kappa shape index (κ1) is 15.0. The molecular weight excluding hydrogens is 304 g/mol. The van der Waals surface area contributed by atoms with Crippen LogP contribution in [0.15, 0.2) is 0 Å². The van der Waals surface area contributed by atoms with E-state index in [-0.39, 0.29) is 11.8 Å². The molecule has 1 N–H and O–H groups in total. The number of hydrogen-bond acceptors (Lipinski definition) is 4. The van der Waals surface area contributed by atoms with Crippen molar-refractivity contribution in [2.45, 2.75) is 56.5 Å². The summed E-state index contributed by atoms with van der Waals surface area (Å²) in [7, 11) is 0. The zero-order chi connectivity index (χ0) is 16.0. The van der Waals surface area contributed by atoms with Crippen molar-refractivity contribution in [3.8, 4) is 0 Å². The van der Waals surface area contributed by atoms with Gasteiger partial charge in [-0.3, -0.25) is 10.1 Å². The van der Waals surface area contributed by atoms with Gasteiger partial charge in [0.2, 0.25) is 5.91 Å². The Hall–Kier alpha value is -1.57. The molecule has 0 aliphatic carbocycles. The number of nitrogens with one attached hydrogen (secondary N) is 1. The Labute approximate surface area is 133 Å². The molecule has 2 saturated heterocycles. The third-order valence-corrected chi connectivity index (χ3v) is 5.14. The Bertz CT molecular complexity index is 617. The summed E-state index contributed by atoms with van der Waals surface area (Å²) < 4.78 is 28.8. The van der Waals surface area contributed by atoms with Crippen molar-refractivity contribution < 1.29 is 13.6 Å². The Kier molecular flexibility index (Phi) is 3.59. The molecule has 1 amide bonds. The van der Waals surface area contributed by atoms with E-state index in [9.17, 15) is 13.6 Å². The molecule has 0 saturated carbocycles. The van der Waals surface area contributed by atoms with Gasteiger partial charge in [0.1, 0.15) is 11.6 Å². The van der Waals surface area contributed by atoms with Gasteiger partial charge in [0.15, 0.2) is 0 Å². The topological polar surface area (TPSA) is 63.1 Å². The highest BCUT2D eigenvalue weighted by molar-refractivity contribution is 5.82. The normalized spacial score (nSPS) is 29.7. The number of nitrogens with zero attached hydrogens (tertiary/aromatic N) is 4. The van der Waals surface area contributed by atoms with Gasteiger partial charge in [-0.05, 0) is 19.3 Å². The van der Waals surface area contributed by atoms with Gasteiger partial charge in [0, 0.05) is 38.4 Å². The number of rotatable bonds is 2. The zero-order valence-corrected chi connectivity index (χ0v) is 13.0. The summed E-state index contributed by atoms with van der Waals surface area (Å²) >= 11 is 0.